The van der Waals surface area contributed by atoms with E-state index >= 15 is 0 Å². The van der Waals surface area contributed by atoms with Gasteiger partial charge >= 0.3 is 0 Å². The van der Waals surface area contributed by atoms with Crippen LogP contribution in [0.1, 0.15) is 45.4 Å². The highest BCUT2D eigenvalue weighted by molar-refractivity contribution is 7.91. The van der Waals surface area contributed by atoms with E-state index in [0.717, 1.165) is 6.42 Å². The molecular weight excluding hydrogens is 250 g/mol. The van der Waals surface area contributed by atoms with E-state index in [0.29, 0.717) is 24.8 Å². The third kappa shape index (κ3) is 3.70. The number of rotatable bonds is 3. The molecule has 0 aromatic carbocycles. The molecule has 5 heteroatoms. The van der Waals surface area contributed by atoms with Gasteiger partial charge in [-0.15, -0.1) is 0 Å². The third-order valence-electron chi connectivity index (χ3n) is 4.26. The van der Waals surface area contributed by atoms with Crippen molar-refractivity contribution in [1.82, 2.24) is 5.32 Å². The van der Waals surface area contributed by atoms with Gasteiger partial charge in [0.2, 0.25) is 5.91 Å². The zero-order valence-corrected chi connectivity index (χ0v) is 11.8. The first-order chi connectivity index (χ1) is 8.46. The molecule has 1 saturated carbocycles. The minimum Gasteiger partial charge on any atom is -0.353 e. The first-order valence-electron chi connectivity index (χ1n) is 6.96. The Labute approximate surface area is 109 Å². The SMILES string of the molecule is C[C@@H]1CCCC[C@@H]1NC(=O)C[C@@H]1CCS(=O)(=O)C1. The van der Waals surface area contributed by atoms with E-state index in [9.17, 15) is 13.2 Å². The fourth-order valence-corrected chi connectivity index (χ4v) is 4.95. The summed E-state index contributed by atoms with van der Waals surface area (Å²) in [5.74, 6) is 1.07. The van der Waals surface area contributed by atoms with Gasteiger partial charge in [0.15, 0.2) is 9.84 Å². The number of amides is 1. The lowest BCUT2D eigenvalue weighted by Crippen LogP contribution is -2.41. The fraction of sp³-hybridized carbons (Fsp3) is 0.923. The zero-order valence-electron chi connectivity index (χ0n) is 11.0. The second kappa shape index (κ2) is 5.59. The molecular formula is C13H23NO3S. The lowest BCUT2D eigenvalue weighted by molar-refractivity contribution is -0.123. The van der Waals surface area contributed by atoms with E-state index < -0.39 is 9.84 Å². The van der Waals surface area contributed by atoms with Crippen LogP contribution in [0.2, 0.25) is 0 Å². The highest BCUT2D eigenvalue weighted by Crippen LogP contribution is 2.25. The van der Waals surface area contributed by atoms with Crippen molar-refractivity contribution in [2.45, 2.75) is 51.5 Å². The van der Waals surface area contributed by atoms with Crippen molar-refractivity contribution < 1.29 is 13.2 Å². The van der Waals surface area contributed by atoms with Crippen molar-refractivity contribution in [2.24, 2.45) is 11.8 Å². The van der Waals surface area contributed by atoms with E-state index in [-0.39, 0.29) is 23.3 Å². The normalized spacial score (nSPS) is 35.3. The van der Waals surface area contributed by atoms with Gasteiger partial charge in [-0.05, 0) is 31.1 Å². The standard InChI is InChI=1S/C13H23NO3S/c1-10-4-2-3-5-12(10)14-13(15)8-11-6-7-18(16,17)9-11/h10-12H,2-9H2,1H3,(H,14,15)/t10-,11+,12+/m1/s1. The van der Waals surface area contributed by atoms with Gasteiger partial charge in [-0.25, -0.2) is 8.42 Å². The summed E-state index contributed by atoms with van der Waals surface area (Å²) < 4.78 is 22.7. The van der Waals surface area contributed by atoms with Crippen LogP contribution in [0.25, 0.3) is 0 Å². The van der Waals surface area contributed by atoms with Crippen molar-refractivity contribution in [3.8, 4) is 0 Å². The molecule has 1 amide bonds. The number of hydrogen-bond donors (Lipinski definition) is 1. The van der Waals surface area contributed by atoms with Gasteiger partial charge in [0.05, 0.1) is 11.5 Å². The Bertz CT molecular complexity index is 404. The summed E-state index contributed by atoms with van der Waals surface area (Å²) in [6, 6.07) is 0.296. The van der Waals surface area contributed by atoms with Gasteiger partial charge in [0, 0.05) is 12.5 Å². The summed E-state index contributed by atoms with van der Waals surface area (Å²) in [6.07, 6.45) is 5.72. The molecule has 104 valence electrons. The van der Waals surface area contributed by atoms with E-state index in [1.54, 1.807) is 0 Å². The maximum Gasteiger partial charge on any atom is 0.220 e. The van der Waals surface area contributed by atoms with Gasteiger partial charge in [0.25, 0.3) is 0 Å². The smallest absolute Gasteiger partial charge is 0.220 e. The minimum atomic E-state index is -2.86. The second-order valence-corrected chi connectivity index (χ2v) is 8.14. The summed E-state index contributed by atoms with van der Waals surface area (Å²) in [6.45, 7) is 2.18. The molecule has 0 spiro atoms. The fourth-order valence-electron chi connectivity index (χ4n) is 3.09. The van der Waals surface area contributed by atoms with Crippen LogP contribution in [0.5, 0.6) is 0 Å². The Hall–Kier alpha value is -0.580. The molecule has 3 atom stereocenters. The molecule has 1 heterocycles. The molecule has 0 radical (unpaired) electrons. The molecule has 0 unspecified atom stereocenters. The Morgan fingerprint density at radius 2 is 1.94 bits per heavy atom. The summed E-state index contributed by atoms with van der Waals surface area (Å²) in [7, 11) is -2.86. The second-order valence-electron chi connectivity index (χ2n) is 5.91. The summed E-state index contributed by atoms with van der Waals surface area (Å²) in [5.41, 5.74) is 0. The lowest BCUT2D eigenvalue weighted by atomic mass is 9.86. The third-order valence-corrected chi connectivity index (χ3v) is 6.10. The molecule has 2 aliphatic rings. The van der Waals surface area contributed by atoms with Crippen molar-refractivity contribution in [3.05, 3.63) is 0 Å². The van der Waals surface area contributed by atoms with Crippen LogP contribution in [-0.4, -0.2) is 31.9 Å². The number of carbonyl (C=O) groups is 1. The van der Waals surface area contributed by atoms with Crippen molar-refractivity contribution in [3.63, 3.8) is 0 Å². The van der Waals surface area contributed by atoms with E-state index in [1.807, 2.05) is 0 Å². The van der Waals surface area contributed by atoms with Crippen LogP contribution in [0.15, 0.2) is 0 Å². The maximum absolute atomic E-state index is 11.9. The molecule has 2 rings (SSSR count). The lowest BCUT2D eigenvalue weighted by Gasteiger charge is -2.29. The van der Waals surface area contributed by atoms with Gasteiger partial charge < -0.3 is 5.32 Å². The molecule has 4 nitrogen and oxygen atoms in total. The van der Waals surface area contributed by atoms with Crippen LogP contribution in [-0.2, 0) is 14.6 Å². The van der Waals surface area contributed by atoms with Crippen LogP contribution >= 0.6 is 0 Å². The monoisotopic (exact) mass is 273 g/mol. The number of nitrogens with one attached hydrogen (secondary N) is 1. The Morgan fingerprint density at radius 1 is 1.22 bits per heavy atom. The average Bonchev–Trinajstić information content (AvgIpc) is 2.61. The van der Waals surface area contributed by atoms with Crippen LogP contribution in [0, 0.1) is 11.8 Å². The maximum atomic E-state index is 11.9. The number of carbonyl (C=O) groups excluding carboxylic acids is 1. The van der Waals surface area contributed by atoms with Crippen LogP contribution in [0.4, 0.5) is 0 Å². The summed E-state index contributed by atoms with van der Waals surface area (Å²) >= 11 is 0. The van der Waals surface area contributed by atoms with Crippen LogP contribution in [0.3, 0.4) is 0 Å². The quantitative estimate of drug-likeness (QED) is 0.847. The van der Waals surface area contributed by atoms with E-state index in [4.69, 9.17) is 0 Å². The first kappa shape index (κ1) is 13.8. The molecule has 0 aromatic rings. The van der Waals surface area contributed by atoms with Gasteiger partial charge in [-0.1, -0.05) is 19.8 Å². The average molecular weight is 273 g/mol. The van der Waals surface area contributed by atoms with Crippen molar-refractivity contribution >= 4 is 15.7 Å². The van der Waals surface area contributed by atoms with Crippen LogP contribution < -0.4 is 5.32 Å². The van der Waals surface area contributed by atoms with E-state index in [2.05, 4.69) is 12.2 Å². The van der Waals surface area contributed by atoms with Crippen molar-refractivity contribution in [2.75, 3.05) is 11.5 Å². The molecule has 1 aliphatic heterocycles. The Balaban J connectivity index is 1.78. The summed E-state index contributed by atoms with van der Waals surface area (Å²) in [5, 5.41) is 3.09. The van der Waals surface area contributed by atoms with Gasteiger partial charge in [-0.3, -0.25) is 4.79 Å². The molecule has 18 heavy (non-hydrogen) atoms. The predicted molar refractivity (Wildman–Crippen MR) is 70.9 cm³/mol. The molecule has 2 fully saturated rings. The zero-order chi connectivity index (χ0) is 13.2. The largest absolute Gasteiger partial charge is 0.353 e. The number of hydrogen-bond acceptors (Lipinski definition) is 3. The molecule has 0 aromatic heterocycles. The minimum absolute atomic E-state index is 0.0360. The number of sulfone groups is 1. The molecule has 1 saturated heterocycles. The Kier molecular flexibility index (Phi) is 4.30. The molecule has 0 bridgehead atoms. The molecule has 1 N–H and O–H groups in total. The van der Waals surface area contributed by atoms with E-state index in [1.165, 1.54) is 19.3 Å². The highest BCUT2D eigenvalue weighted by Gasteiger charge is 2.30. The summed E-state index contributed by atoms with van der Waals surface area (Å²) in [4.78, 5) is 11.9. The highest BCUT2D eigenvalue weighted by atomic mass is 32.2. The molecule has 1 aliphatic carbocycles. The van der Waals surface area contributed by atoms with Gasteiger partial charge in [0.1, 0.15) is 0 Å². The van der Waals surface area contributed by atoms with Crippen molar-refractivity contribution in [1.29, 1.82) is 0 Å². The Morgan fingerprint density at radius 3 is 2.56 bits per heavy atom. The predicted octanol–water partition coefficient (Wildman–Crippen LogP) is 1.51. The topological polar surface area (TPSA) is 63.2 Å². The first-order valence-corrected chi connectivity index (χ1v) is 8.78. The van der Waals surface area contributed by atoms with Gasteiger partial charge in [-0.2, -0.15) is 0 Å².